The number of hydrogen-bond acceptors (Lipinski definition) is 7. The fourth-order valence-electron chi connectivity index (χ4n) is 1.47. The summed E-state index contributed by atoms with van der Waals surface area (Å²) < 4.78 is 27.1. The summed E-state index contributed by atoms with van der Waals surface area (Å²) in [4.78, 5) is 13.5. The fourth-order valence-corrected chi connectivity index (χ4v) is 3.17. The van der Waals surface area contributed by atoms with E-state index in [1.54, 1.807) is 6.92 Å². The van der Waals surface area contributed by atoms with Crippen molar-refractivity contribution in [3.8, 4) is 0 Å². The van der Waals surface area contributed by atoms with E-state index < -0.39 is 14.8 Å². The zero-order valence-corrected chi connectivity index (χ0v) is 13.2. The minimum atomic E-state index is -3.20. The Morgan fingerprint density at radius 3 is 2.32 bits per heavy atom. The molecule has 0 amide bonds. The lowest BCUT2D eigenvalue weighted by atomic mass is 10.2. The Bertz CT molecular complexity index is 293. The van der Waals surface area contributed by atoms with Gasteiger partial charge in [0.25, 0.3) is 0 Å². The molecule has 0 spiro atoms. The van der Waals surface area contributed by atoms with Crippen molar-refractivity contribution in [1.29, 1.82) is 0 Å². The SMILES string of the molecule is CCO[Si](OC)(OC)OC(C)(CCCN=C=O)OC. The summed E-state index contributed by atoms with van der Waals surface area (Å²) in [7, 11) is 1.27. The summed E-state index contributed by atoms with van der Waals surface area (Å²) in [6.45, 7) is 4.36. The molecule has 0 aliphatic carbocycles. The summed E-state index contributed by atoms with van der Waals surface area (Å²) in [6, 6.07) is 0. The van der Waals surface area contributed by atoms with E-state index in [0.717, 1.165) is 0 Å². The van der Waals surface area contributed by atoms with Crippen LogP contribution in [0.3, 0.4) is 0 Å². The van der Waals surface area contributed by atoms with E-state index in [1.807, 2.05) is 6.92 Å². The molecule has 0 radical (unpaired) electrons. The minimum absolute atomic E-state index is 0.370. The van der Waals surface area contributed by atoms with Crippen LogP contribution in [0.15, 0.2) is 4.99 Å². The van der Waals surface area contributed by atoms with Crippen molar-refractivity contribution in [2.24, 2.45) is 4.99 Å². The number of methoxy groups -OCH3 is 1. The van der Waals surface area contributed by atoms with Gasteiger partial charge in [-0.1, -0.05) is 0 Å². The lowest BCUT2D eigenvalue weighted by Gasteiger charge is -2.35. The molecule has 0 aromatic heterocycles. The molecule has 0 saturated heterocycles. The van der Waals surface area contributed by atoms with Crippen molar-refractivity contribution < 1.29 is 27.2 Å². The van der Waals surface area contributed by atoms with E-state index >= 15 is 0 Å². The van der Waals surface area contributed by atoms with Crippen LogP contribution in [0.25, 0.3) is 0 Å². The third kappa shape index (κ3) is 6.39. The molecule has 0 aliphatic rings. The second kappa shape index (κ2) is 9.32. The van der Waals surface area contributed by atoms with Gasteiger partial charge in [-0.2, -0.15) is 0 Å². The van der Waals surface area contributed by atoms with Gasteiger partial charge >= 0.3 is 9.05 Å². The molecular weight excluding hydrogens is 270 g/mol. The third-order valence-corrected chi connectivity index (χ3v) is 4.88. The molecule has 19 heavy (non-hydrogen) atoms. The second-order valence-electron chi connectivity index (χ2n) is 3.86. The number of carbonyl (C=O) groups excluding carboxylic acids is 1. The highest BCUT2D eigenvalue weighted by Gasteiger charge is 2.49. The van der Waals surface area contributed by atoms with Gasteiger partial charge in [-0.3, -0.25) is 0 Å². The average Bonchev–Trinajstić information content (AvgIpc) is 2.43. The fraction of sp³-hybridized carbons (Fsp3) is 0.909. The van der Waals surface area contributed by atoms with Gasteiger partial charge in [-0.05, 0) is 20.3 Å². The summed E-state index contributed by atoms with van der Waals surface area (Å²) in [5.41, 5.74) is 0. The molecule has 0 heterocycles. The predicted octanol–water partition coefficient (Wildman–Crippen LogP) is 1.25. The number of ether oxygens (including phenoxy) is 1. The lowest BCUT2D eigenvalue weighted by Crippen LogP contribution is -2.54. The first kappa shape index (κ1) is 18.4. The van der Waals surface area contributed by atoms with Crippen LogP contribution in [-0.4, -0.2) is 55.4 Å². The van der Waals surface area contributed by atoms with E-state index in [2.05, 4.69) is 4.99 Å². The summed E-state index contributed by atoms with van der Waals surface area (Å²) in [6.07, 6.45) is 2.62. The first-order valence-electron chi connectivity index (χ1n) is 6.04. The molecule has 0 fully saturated rings. The van der Waals surface area contributed by atoms with Crippen molar-refractivity contribution in [3.05, 3.63) is 0 Å². The lowest BCUT2D eigenvalue weighted by molar-refractivity contribution is -0.204. The molecule has 1 unspecified atom stereocenters. The topological polar surface area (TPSA) is 75.6 Å². The van der Waals surface area contributed by atoms with E-state index in [-0.39, 0.29) is 0 Å². The predicted molar refractivity (Wildman–Crippen MR) is 70.1 cm³/mol. The Kier molecular flexibility index (Phi) is 9.03. The van der Waals surface area contributed by atoms with Gasteiger partial charge in [0.05, 0.1) is 6.54 Å². The van der Waals surface area contributed by atoms with E-state index in [0.29, 0.717) is 26.0 Å². The number of aliphatic imine (C=N–C) groups is 1. The van der Waals surface area contributed by atoms with Crippen molar-refractivity contribution in [2.45, 2.75) is 32.5 Å². The molecule has 0 aromatic rings. The number of isocyanates is 1. The molecular formula is C11H23NO6Si. The maximum absolute atomic E-state index is 10.00. The molecule has 7 nitrogen and oxygen atoms in total. The summed E-state index contributed by atoms with van der Waals surface area (Å²) in [5.74, 6) is -0.925. The van der Waals surface area contributed by atoms with Crippen molar-refractivity contribution >= 4 is 15.1 Å². The first-order chi connectivity index (χ1) is 9.01. The molecule has 112 valence electrons. The van der Waals surface area contributed by atoms with Crippen LogP contribution in [0.4, 0.5) is 0 Å². The molecule has 0 rings (SSSR count). The van der Waals surface area contributed by atoms with Gasteiger partial charge in [0, 0.05) is 34.4 Å². The Balaban J connectivity index is 4.66. The highest BCUT2D eigenvalue weighted by molar-refractivity contribution is 6.53. The summed E-state index contributed by atoms with van der Waals surface area (Å²) >= 11 is 0. The zero-order chi connectivity index (χ0) is 14.8. The molecule has 0 saturated carbocycles. The smallest absolute Gasteiger partial charge is 0.355 e. The van der Waals surface area contributed by atoms with Crippen molar-refractivity contribution in [2.75, 3.05) is 34.5 Å². The van der Waals surface area contributed by atoms with Gasteiger partial charge in [0.2, 0.25) is 6.08 Å². The minimum Gasteiger partial charge on any atom is -0.355 e. The van der Waals surface area contributed by atoms with Crippen molar-refractivity contribution in [1.82, 2.24) is 0 Å². The normalized spacial score (nSPS) is 14.8. The van der Waals surface area contributed by atoms with Crippen LogP contribution in [0.2, 0.25) is 0 Å². The maximum Gasteiger partial charge on any atom is 0.681 e. The van der Waals surface area contributed by atoms with Crippen LogP contribution in [0, 0.1) is 0 Å². The number of rotatable bonds is 11. The Morgan fingerprint density at radius 1 is 1.26 bits per heavy atom. The Hall–Kier alpha value is -0.603. The van der Waals surface area contributed by atoms with Gasteiger partial charge < -0.3 is 22.4 Å². The summed E-state index contributed by atoms with van der Waals surface area (Å²) in [5, 5.41) is 0. The number of hydrogen-bond donors (Lipinski definition) is 0. The molecule has 0 aromatic carbocycles. The Morgan fingerprint density at radius 2 is 1.89 bits per heavy atom. The average molecular weight is 293 g/mol. The van der Waals surface area contributed by atoms with E-state index in [4.69, 9.17) is 22.4 Å². The molecule has 0 N–H and O–H groups in total. The van der Waals surface area contributed by atoms with Crippen LogP contribution in [0.1, 0.15) is 26.7 Å². The maximum atomic E-state index is 10.00. The van der Waals surface area contributed by atoms with Crippen LogP contribution in [0.5, 0.6) is 0 Å². The van der Waals surface area contributed by atoms with Crippen molar-refractivity contribution in [3.63, 3.8) is 0 Å². The van der Waals surface area contributed by atoms with Gasteiger partial charge in [0.1, 0.15) is 0 Å². The highest BCUT2D eigenvalue weighted by atomic mass is 28.4. The van der Waals surface area contributed by atoms with Crippen LogP contribution >= 0.6 is 0 Å². The van der Waals surface area contributed by atoms with E-state index in [1.165, 1.54) is 27.4 Å². The Labute approximate surface area is 115 Å². The van der Waals surface area contributed by atoms with Crippen LogP contribution in [-0.2, 0) is 27.2 Å². The molecule has 8 heteroatoms. The standard InChI is InChI=1S/C11H23NO6Si/c1-6-17-19(15-4,16-5)18-11(2,14-3)8-7-9-12-10-13/h6-9H2,1-5H3. The van der Waals surface area contributed by atoms with Crippen LogP contribution < -0.4 is 0 Å². The van der Waals surface area contributed by atoms with Gasteiger partial charge in [0.15, 0.2) is 5.79 Å². The molecule has 1 atom stereocenters. The first-order valence-corrected chi connectivity index (χ1v) is 7.68. The molecule has 0 aliphatic heterocycles. The third-order valence-electron chi connectivity index (χ3n) is 2.56. The molecule has 0 bridgehead atoms. The zero-order valence-electron chi connectivity index (χ0n) is 12.2. The quantitative estimate of drug-likeness (QED) is 0.188. The monoisotopic (exact) mass is 293 g/mol. The van der Waals surface area contributed by atoms with Gasteiger partial charge in [-0.25, -0.2) is 9.79 Å². The van der Waals surface area contributed by atoms with Gasteiger partial charge in [-0.15, -0.1) is 0 Å². The second-order valence-corrected chi connectivity index (χ2v) is 6.17. The highest BCUT2D eigenvalue weighted by Crippen LogP contribution is 2.25. The van der Waals surface area contributed by atoms with E-state index in [9.17, 15) is 4.79 Å². The number of nitrogens with zero attached hydrogens (tertiary/aromatic N) is 1. The largest absolute Gasteiger partial charge is 0.681 e.